The maximum Gasteiger partial charge on any atom is 0.450 e. The van der Waals surface area contributed by atoms with Gasteiger partial charge in [0.05, 0.1) is 17.0 Å². The molecule has 1 aromatic heterocycles. The molecule has 3 rings (SSSR count). The highest BCUT2D eigenvalue weighted by atomic mass is 19.4. The molecule has 34 heavy (non-hydrogen) atoms. The minimum Gasteiger partial charge on any atom is -0.364 e. The molecule has 0 aliphatic carbocycles. The van der Waals surface area contributed by atoms with Gasteiger partial charge in [0, 0.05) is 31.8 Å². The highest BCUT2D eigenvalue weighted by molar-refractivity contribution is 6.05. The van der Waals surface area contributed by atoms with Crippen LogP contribution >= 0.6 is 0 Å². The Hall–Kier alpha value is -3.54. The summed E-state index contributed by atoms with van der Waals surface area (Å²) < 4.78 is 80.6. The number of rotatable bonds is 5. The Labute approximate surface area is 190 Å². The average molecular weight is 483 g/mol. The van der Waals surface area contributed by atoms with Gasteiger partial charge in [0.25, 0.3) is 5.91 Å². The minimum atomic E-state index is -4.91. The molecule has 1 amide bonds. The Bertz CT molecular complexity index is 1180. The number of halogens is 6. The zero-order valence-electron chi connectivity index (χ0n) is 17.8. The molecule has 0 atom stereocenters. The van der Waals surface area contributed by atoms with Crippen molar-refractivity contribution in [2.45, 2.75) is 26.1 Å². The van der Waals surface area contributed by atoms with Crippen LogP contribution in [-0.4, -0.2) is 46.6 Å². The fourth-order valence-corrected chi connectivity index (χ4v) is 3.63. The number of fused-ring (bicyclic) bond motifs is 1. The van der Waals surface area contributed by atoms with E-state index >= 15 is 0 Å². The number of amidine groups is 1. The van der Waals surface area contributed by atoms with Gasteiger partial charge in [-0.15, -0.1) is 0 Å². The second kappa shape index (κ2) is 9.75. The lowest BCUT2D eigenvalue weighted by atomic mass is 9.92. The van der Waals surface area contributed by atoms with Crippen molar-refractivity contribution in [3.63, 3.8) is 0 Å². The highest BCUT2D eigenvalue weighted by Crippen LogP contribution is 2.34. The van der Waals surface area contributed by atoms with E-state index < -0.39 is 40.9 Å². The Morgan fingerprint density at radius 3 is 2.44 bits per heavy atom. The summed E-state index contributed by atoms with van der Waals surface area (Å²) in [5.74, 6) is -6.16. The zero-order valence-corrected chi connectivity index (χ0v) is 17.8. The van der Waals surface area contributed by atoms with E-state index in [0.29, 0.717) is 17.7 Å². The van der Waals surface area contributed by atoms with Gasteiger partial charge >= 0.3 is 6.18 Å². The summed E-state index contributed by atoms with van der Waals surface area (Å²) in [7, 11) is 0. The molecule has 12 heteroatoms. The molecule has 180 valence electrons. The number of primary amides is 1. The normalized spacial score (nSPS) is 15.0. The summed E-state index contributed by atoms with van der Waals surface area (Å²) in [5, 5.41) is 7.11. The summed E-state index contributed by atoms with van der Waals surface area (Å²) in [5.41, 5.74) is 5.12. The van der Waals surface area contributed by atoms with Gasteiger partial charge in [-0.05, 0) is 36.6 Å². The molecule has 2 heterocycles. The van der Waals surface area contributed by atoms with Crippen LogP contribution in [0.15, 0.2) is 35.3 Å². The van der Waals surface area contributed by atoms with Crippen LogP contribution in [-0.2, 0) is 13.0 Å². The first-order valence-corrected chi connectivity index (χ1v) is 9.96. The van der Waals surface area contributed by atoms with Crippen LogP contribution in [0.5, 0.6) is 0 Å². The number of benzene rings is 1. The lowest BCUT2D eigenvalue weighted by molar-refractivity contribution is -0.0604. The quantitative estimate of drug-likeness (QED) is 0.380. The monoisotopic (exact) mass is 483 g/mol. The number of nitrogens with two attached hydrogens (primary N) is 1. The summed E-state index contributed by atoms with van der Waals surface area (Å²) >= 11 is 0. The first kappa shape index (κ1) is 25.1. The molecular formula is C22H19F6N5O. The van der Waals surface area contributed by atoms with E-state index in [0.717, 1.165) is 6.07 Å². The first-order valence-electron chi connectivity index (χ1n) is 9.96. The predicted molar refractivity (Wildman–Crippen MR) is 113 cm³/mol. The molecule has 0 bridgehead atoms. The van der Waals surface area contributed by atoms with E-state index in [2.05, 4.69) is 9.98 Å². The average Bonchev–Trinajstić information content (AvgIpc) is 2.72. The Kier molecular flexibility index (Phi) is 7.20. The van der Waals surface area contributed by atoms with Crippen LogP contribution in [0.25, 0.3) is 11.1 Å². The van der Waals surface area contributed by atoms with Crippen molar-refractivity contribution in [3.8, 4) is 11.1 Å². The largest absolute Gasteiger partial charge is 0.450 e. The SMILES string of the molecule is C/C=C\C(CN1CCc2c(-c3c(F)cc(F)cc3F)cc(C(N)=O)nc2C1)=N/C(=N)C(F)(F)F. The van der Waals surface area contributed by atoms with E-state index in [1.54, 1.807) is 11.8 Å². The molecule has 0 spiro atoms. The van der Waals surface area contributed by atoms with Crippen molar-refractivity contribution >= 4 is 17.5 Å². The van der Waals surface area contributed by atoms with Gasteiger partial charge < -0.3 is 5.73 Å². The molecule has 0 unspecified atom stereocenters. The summed E-state index contributed by atoms with van der Waals surface area (Å²) in [6, 6.07) is 2.16. The van der Waals surface area contributed by atoms with Crippen LogP contribution in [0.4, 0.5) is 26.3 Å². The molecule has 0 fully saturated rings. The minimum absolute atomic E-state index is 0.00378. The van der Waals surface area contributed by atoms with Gasteiger partial charge in [0.15, 0.2) is 0 Å². The van der Waals surface area contributed by atoms with Crippen LogP contribution in [0, 0.1) is 22.9 Å². The number of carbonyl (C=O) groups excluding carboxylic acids is 1. The smallest absolute Gasteiger partial charge is 0.364 e. The number of alkyl halides is 3. The Morgan fingerprint density at radius 2 is 1.88 bits per heavy atom. The maximum atomic E-state index is 14.5. The van der Waals surface area contributed by atoms with Crippen LogP contribution < -0.4 is 5.73 Å². The Balaban J connectivity index is 2.01. The third kappa shape index (κ3) is 5.50. The topological polar surface area (TPSA) is 95.4 Å². The fourth-order valence-electron chi connectivity index (χ4n) is 3.63. The van der Waals surface area contributed by atoms with E-state index in [1.165, 1.54) is 12.2 Å². The second-order valence-electron chi connectivity index (χ2n) is 7.50. The van der Waals surface area contributed by atoms with Gasteiger partial charge in [0.1, 0.15) is 23.1 Å². The third-order valence-electron chi connectivity index (χ3n) is 5.06. The van der Waals surface area contributed by atoms with Crippen molar-refractivity contribution in [3.05, 3.63) is 64.8 Å². The second-order valence-corrected chi connectivity index (χ2v) is 7.50. The standard InChI is InChI=1S/C22H19F6N5O/c1-2-3-12(31-21(30)22(26,27)28)9-33-5-4-13-14(8-17(20(29)34)32-18(13)10-33)19-15(24)6-11(23)7-16(19)25/h2-3,6-8,30H,4-5,9-10H2,1H3,(H2,29,34)/b3-2-,30-21?,31-12+. The number of allylic oxidation sites excluding steroid dienone is 1. The Morgan fingerprint density at radius 1 is 1.24 bits per heavy atom. The predicted octanol–water partition coefficient (Wildman–Crippen LogP) is 4.18. The van der Waals surface area contributed by atoms with Crippen molar-refractivity contribution in [1.29, 1.82) is 5.41 Å². The molecule has 2 aromatic rings. The number of amides is 1. The van der Waals surface area contributed by atoms with Crippen molar-refractivity contribution in [2.24, 2.45) is 10.7 Å². The van der Waals surface area contributed by atoms with Gasteiger partial charge in [-0.25, -0.2) is 23.1 Å². The number of nitrogens with one attached hydrogen (secondary N) is 1. The van der Waals surface area contributed by atoms with Gasteiger partial charge in [-0.2, -0.15) is 13.2 Å². The summed E-state index contributed by atoms with van der Waals surface area (Å²) in [6.07, 6.45) is -1.93. The molecule has 1 aromatic carbocycles. The van der Waals surface area contributed by atoms with Gasteiger partial charge in [-0.3, -0.25) is 15.1 Å². The van der Waals surface area contributed by atoms with Crippen LogP contribution in [0.2, 0.25) is 0 Å². The van der Waals surface area contributed by atoms with Crippen LogP contribution in [0.3, 0.4) is 0 Å². The van der Waals surface area contributed by atoms with Crippen molar-refractivity contribution in [1.82, 2.24) is 9.88 Å². The molecule has 0 saturated carbocycles. The number of carbonyl (C=O) groups is 1. The molecule has 3 N–H and O–H groups in total. The van der Waals surface area contributed by atoms with Crippen molar-refractivity contribution < 1.29 is 31.1 Å². The number of aliphatic imine (C=N–C) groups is 1. The number of nitrogens with zero attached hydrogens (tertiary/aromatic N) is 3. The molecule has 6 nitrogen and oxygen atoms in total. The van der Waals surface area contributed by atoms with E-state index in [1.807, 2.05) is 0 Å². The van der Waals surface area contributed by atoms with Crippen LogP contribution in [0.1, 0.15) is 28.7 Å². The lowest BCUT2D eigenvalue weighted by Gasteiger charge is -2.30. The molecule has 1 aliphatic heterocycles. The van der Waals surface area contributed by atoms with E-state index in [4.69, 9.17) is 11.1 Å². The molecule has 0 radical (unpaired) electrons. The van der Waals surface area contributed by atoms with Gasteiger partial charge in [0.2, 0.25) is 5.84 Å². The maximum absolute atomic E-state index is 14.5. The van der Waals surface area contributed by atoms with Crippen molar-refractivity contribution in [2.75, 3.05) is 13.1 Å². The fraction of sp³-hybridized carbons (Fsp3) is 0.273. The first-order chi connectivity index (χ1) is 15.9. The molecule has 1 aliphatic rings. The van der Waals surface area contributed by atoms with Gasteiger partial charge in [-0.1, -0.05) is 6.08 Å². The molecule has 0 saturated heterocycles. The molecular weight excluding hydrogens is 464 g/mol. The zero-order chi connectivity index (χ0) is 25.2. The van der Waals surface area contributed by atoms with E-state index in [9.17, 15) is 31.1 Å². The highest BCUT2D eigenvalue weighted by Gasteiger charge is 2.35. The van der Waals surface area contributed by atoms with E-state index in [-0.39, 0.29) is 48.7 Å². The number of hydrogen-bond acceptors (Lipinski definition) is 4. The number of aromatic nitrogens is 1. The lowest BCUT2D eigenvalue weighted by Crippen LogP contribution is -2.36. The third-order valence-corrected chi connectivity index (χ3v) is 5.06. The number of hydrogen-bond donors (Lipinski definition) is 2. The summed E-state index contributed by atoms with van der Waals surface area (Å²) in [4.78, 5) is 21.0. The number of pyridine rings is 1. The summed E-state index contributed by atoms with van der Waals surface area (Å²) in [6.45, 7) is 1.75.